The highest BCUT2D eigenvalue weighted by atomic mass is 35.5. The number of benzene rings is 2. The van der Waals surface area contributed by atoms with Crippen LogP contribution in [0.15, 0.2) is 41.6 Å². The van der Waals surface area contributed by atoms with E-state index in [-0.39, 0.29) is 18.4 Å². The Morgan fingerprint density at radius 2 is 1.67 bits per heavy atom. The number of oxime groups is 1. The quantitative estimate of drug-likeness (QED) is 0.332. The molecule has 18 heavy (non-hydrogen) atoms. The summed E-state index contributed by atoms with van der Waals surface area (Å²) < 4.78 is 0. The molecule has 1 aliphatic heterocycles. The number of nitrogens with zero attached hydrogens (tertiary/aromatic N) is 2. The van der Waals surface area contributed by atoms with Crippen LogP contribution in [0.25, 0.3) is 10.8 Å². The van der Waals surface area contributed by atoms with Gasteiger partial charge in [-0.2, -0.15) is 0 Å². The van der Waals surface area contributed by atoms with Crippen LogP contribution in [0.1, 0.15) is 11.1 Å². The average molecular weight is 264 g/mol. The third-order valence-corrected chi connectivity index (χ3v) is 3.23. The molecule has 0 atom stereocenters. The van der Waals surface area contributed by atoms with Gasteiger partial charge in [0.1, 0.15) is 0 Å². The minimum absolute atomic E-state index is 0. The predicted octanol–water partition coefficient (Wildman–Crippen LogP) is 2.28. The number of halogens is 1. The van der Waals surface area contributed by atoms with Crippen LogP contribution >= 0.6 is 12.4 Å². The summed E-state index contributed by atoms with van der Waals surface area (Å²) in [6.45, 7) is 1.37. The minimum atomic E-state index is 0. The lowest BCUT2D eigenvalue weighted by molar-refractivity contribution is 0.293. The van der Waals surface area contributed by atoms with Crippen molar-refractivity contribution in [2.75, 3.05) is 0 Å². The molecule has 0 unspecified atom stereocenters. The van der Waals surface area contributed by atoms with Crippen LogP contribution in [0.4, 0.5) is 0 Å². The van der Waals surface area contributed by atoms with Gasteiger partial charge in [-0.15, -0.1) is 12.4 Å². The van der Waals surface area contributed by atoms with Gasteiger partial charge in [0.25, 0.3) is 0 Å². The number of rotatable bonds is 0. The summed E-state index contributed by atoms with van der Waals surface area (Å²) in [7, 11) is 0. The summed E-state index contributed by atoms with van der Waals surface area (Å²) in [6, 6.07) is 12.5. The maximum absolute atomic E-state index is 8.75. The Bertz CT molecular complexity index is 571. The van der Waals surface area contributed by atoms with Crippen molar-refractivity contribution < 1.29 is 5.21 Å². The first-order valence-electron chi connectivity index (χ1n) is 5.51. The Balaban J connectivity index is 0.00000120. The van der Waals surface area contributed by atoms with E-state index < -0.39 is 0 Å². The Morgan fingerprint density at radius 1 is 1.11 bits per heavy atom. The van der Waals surface area contributed by atoms with Gasteiger partial charge in [0, 0.05) is 13.1 Å². The van der Waals surface area contributed by atoms with Crippen molar-refractivity contribution in [1.29, 1.82) is 0 Å². The molecule has 2 aromatic rings. The Morgan fingerprint density at radius 3 is 2.17 bits per heavy atom. The van der Waals surface area contributed by atoms with Gasteiger partial charge in [-0.05, 0) is 21.9 Å². The van der Waals surface area contributed by atoms with Crippen LogP contribution in [0, 0.1) is 0 Å². The molecule has 0 bridgehead atoms. The minimum Gasteiger partial charge on any atom is -0.408 e. The highest BCUT2D eigenvalue weighted by Gasteiger charge is 2.19. The normalized spacial score (nSPS) is 14.4. The molecule has 94 valence electrons. The van der Waals surface area contributed by atoms with Crippen LogP contribution in [-0.2, 0) is 13.1 Å². The lowest BCUT2D eigenvalue weighted by Gasteiger charge is -2.29. The van der Waals surface area contributed by atoms with E-state index >= 15 is 0 Å². The van der Waals surface area contributed by atoms with Crippen LogP contribution < -0.4 is 5.73 Å². The van der Waals surface area contributed by atoms with Gasteiger partial charge in [-0.25, -0.2) is 0 Å². The first-order valence-corrected chi connectivity index (χ1v) is 5.51. The average Bonchev–Trinajstić information content (AvgIpc) is 2.38. The van der Waals surface area contributed by atoms with Crippen LogP contribution in [0.3, 0.4) is 0 Å². The molecular formula is C13H14ClN3O. The van der Waals surface area contributed by atoms with E-state index in [1.54, 1.807) is 0 Å². The second kappa shape index (κ2) is 4.74. The zero-order chi connectivity index (χ0) is 11.8. The van der Waals surface area contributed by atoms with Crippen LogP contribution in [0.5, 0.6) is 0 Å². The molecule has 1 aliphatic rings. The molecule has 0 amide bonds. The maximum Gasteiger partial charge on any atom is 0.233 e. The fourth-order valence-electron chi connectivity index (χ4n) is 2.46. The molecule has 0 saturated heterocycles. The SMILES string of the molecule is Cl.N/C(=N\O)N1Cc2cccc3cccc(c23)C1. The lowest BCUT2D eigenvalue weighted by atomic mass is 9.95. The van der Waals surface area contributed by atoms with Gasteiger partial charge in [0.05, 0.1) is 0 Å². The molecule has 4 nitrogen and oxygen atoms in total. The molecular weight excluding hydrogens is 250 g/mol. The topological polar surface area (TPSA) is 61.9 Å². The summed E-state index contributed by atoms with van der Waals surface area (Å²) in [5.41, 5.74) is 8.10. The molecule has 0 aromatic heterocycles. The third kappa shape index (κ3) is 1.84. The summed E-state index contributed by atoms with van der Waals surface area (Å²) in [4.78, 5) is 1.86. The summed E-state index contributed by atoms with van der Waals surface area (Å²) in [6.07, 6.45) is 0. The molecule has 5 heteroatoms. The largest absolute Gasteiger partial charge is 0.408 e. The van der Waals surface area contributed by atoms with E-state index in [1.165, 1.54) is 21.9 Å². The van der Waals surface area contributed by atoms with Crippen molar-refractivity contribution in [2.24, 2.45) is 10.9 Å². The van der Waals surface area contributed by atoms with E-state index in [4.69, 9.17) is 10.9 Å². The highest BCUT2D eigenvalue weighted by molar-refractivity contribution is 5.91. The molecule has 3 N–H and O–H groups in total. The fourth-order valence-corrected chi connectivity index (χ4v) is 2.46. The number of guanidine groups is 1. The molecule has 0 spiro atoms. The Hall–Kier alpha value is -1.94. The van der Waals surface area contributed by atoms with E-state index in [2.05, 4.69) is 29.4 Å². The standard InChI is InChI=1S/C13H13N3O.ClH/c14-13(15-17)16-7-10-5-1-3-9-4-2-6-11(8-16)12(9)10;/h1-6,17H,7-8H2,(H2,14,15);1H. The monoisotopic (exact) mass is 263 g/mol. The van der Waals surface area contributed by atoms with Crippen molar-refractivity contribution in [1.82, 2.24) is 4.90 Å². The smallest absolute Gasteiger partial charge is 0.233 e. The van der Waals surface area contributed by atoms with Crippen molar-refractivity contribution >= 4 is 29.1 Å². The molecule has 0 fully saturated rings. The molecule has 0 radical (unpaired) electrons. The first kappa shape index (κ1) is 12.5. The van der Waals surface area contributed by atoms with Gasteiger partial charge in [0.2, 0.25) is 5.96 Å². The van der Waals surface area contributed by atoms with Crippen molar-refractivity contribution in [3.05, 3.63) is 47.5 Å². The van der Waals surface area contributed by atoms with Gasteiger partial charge >= 0.3 is 0 Å². The second-order valence-electron chi connectivity index (χ2n) is 4.25. The maximum atomic E-state index is 8.75. The van der Waals surface area contributed by atoms with Gasteiger partial charge in [-0.1, -0.05) is 41.6 Å². The molecule has 2 aromatic carbocycles. The van der Waals surface area contributed by atoms with E-state index in [1.807, 2.05) is 17.0 Å². The molecule has 0 aliphatic carbocycles. The first-order chi connectivity index (χ1) is 8.29. The summed E-state index contributed by atoms with van der Waals surface area (Å²) in [5.74, 6) is 0.163. The zero-order valence-electron chi connectivity index (χ0n) is 9.71. The second-order valence-corrected chi connectivity index (χ2v) is 4.25. The predicted molar refractivity (Wildman–Crippen MR) is 73.9 cm³/mol. The number of hydrogen-bond acceptors (Lipinski definition) is 2. The Kier molecular flexibility index (Phi) is 3.30. The number of nitrogens with two attached hydrogens (primary N) is 1. The van der Waals surface area contributed by atoms with Gasteiger partial charge in [0.15, 0.2) is 0 Å². The van der Waals surface area contributed by atoms with Crippen molar-refractivity contribution in [3.63, 3.8) is 0 Å². The van der Waals surface area contributed by atoms with Crippen LogP contribution in [0.2, 0.25) is 0 Å². The molecule has 1 heterocycles. The lowest BCUT2D eigenvalue weighted by Crippen LogP contribution is -2.38. The number of hydrogen-bond donors (Lipinski definition) is 2. The highest BCUT2D eigenvalue weighted by Crippen LogP contribution is 2.29. The van der Waals surface area contributed by atoms with Crippen molar-refractivity contribution in [2.45, 2.75) is 13.1 Å². The molecule has 0 saturated carbocycles. The Labute approximate surface area is 111 Å². The summed E-state index contributed by atoms with van der Waals surface area (Å²) in [5, 5.41) is 14.4. The fraction of sp³-hybridized carbons (Fsp3) is 0.154. The zero-order valence-corrected chi connectivity index (χ0v) is 10.5. The van der Waals surface area contributed by atoms with E-state index in [0.717, 1.165) is 0 Å². The van der Waals surface area contributed by atoms with Crippen molar-refractivity contribution in [3.8, 4) is 0 Å². The third-order valence-electron chi connectivity index (χ3n) is 3.23. The van der Waals surface area contributed by atoms with E-state index in [9.17, 15) is 0 Å². The van der Waals surface area contributed by atoms with Gasteiger partial charge < -0.3 is 15.8 Å². The summed E-state index contributed by atoms with van der Waals surface area (Å²) >= 11 is 0. The molecule has 3 rings (SSSR count). The van der Waals surface area contributed by atoms with E-state index in [0.29, 0.717) is 13.1 Å². The van der Waals surface area contributed by atoms with Crippen LogP contribution in [-0.4, -0.2) is 16.1 Å². The van der Waals surface area contributed by atoms with Gasteiger partial charge in [-0.3, -0.25) is 0 Å².